The smallest absolute Gasteiger partial charge is 0.228 e. The normalized spacial score (nSPS) is 11.0. The Hall–Kier alpha value is -2.26. The van der Waals surface area contributed by atoms with Crippen molar-refractivity contribution < 1.29 is 9.21 Å². The van der Waals surface area contributed by atoms with Gasteiger partial charge in [0.25, 0.3) is 0 Å². The van der Waals surface area contributed by atoms with Crippen LogP contribution in [-0.4, -0.2) is 5.91 Å². The van der Waals surface area contributed by atoms with Gasteiger partial charge < -0.3 is 9.73 Å². The van der Waals surface area contributed by atoms with Crippen molar-refractivity contribution in [1.29, 1.82) is 0 Å². The summed E-state index contributed by atoms with van der Waals surface area (Å²) >= 11 is 6.19. The third-order valence-electron chi connectivity index (χ3n) is 4.34. The maximum Gasteiger partial charge on any atom is 0.228 e. The van der Waals surface area contributed by atoms with Crippen LogP contribution in [0.15, 0.2) is 47.1 Å². The fourth-order valence-electron chi connectivity index (χ4n) is 2.85. The van der Waals surface area contributed by atoms with Gasteiger partial charge >= 0.3 is 0 Å². The molecule has 0 saturated carbocycles. The van der Waals surface area contributed by atoms with Gasteiger partial charge in [-0.25, -0.2) is 0 Å². The third-order valence-corrected chi connectivity index (χ3v) is 4.75. The molecular formula is C21H22ClNO2. The van der Waals surface area contributed by atoms with E-state index in [-0.39, 0.29) is 12.3 Å². The number of aryl methyl sites for hydroxylation is 2. The van der Waals surface area contributed by atoms with Gasteiger partial charge in [0.2, 0.25) is 5.91 Å². The molecule has 3 rings (SSSR count). The predicted molar refractivity (Wildman–Crippen MR) is 103 cm³/mol. The zero-order chi connectivity index (χ0) is 17.8. The first-order valence-corrected chi connectivity index (χ1v) is 8.99. The van der Waals surface area contributed by atoms with Gasteiger partial charge in [-0.05, 0) is 55.2 Å². The molecule has 0 aliphatic carbocycles. The quantitative estimate of drug-likeness (QED) is 0.596. The lowest BCUT2D eigenvalue weighted by atomic mass is 10.1. The molecule has 4 heteroatoms. The summed E-state index contributed by atoms with van der Waals surface area (Å²) in [4.78, 5) is 12.3. The molecule has 0 spiro atoms. The maximum absolute atomic E-state index is 12.3. The van der Waals surface area contributed by atoms with Gasteiger partial charge in [-0.3, -0.25) is 4.79 Å². The van der Waals surface area contributed by atoms with E-state index in [1.807, 2.05) is 31.2 Å². The Morgan fingerprint density at radius 3 is 2.68 bits per heavy atom. The summed E-state index contributed by atoms with van der Waals surface area (Å²) in [6.45, 7) is 4.11. The highest BCUT2D eigenvalue weighted by molar-refractivity contribution is 6.32. The molecule has 1 N–H and O–H groups in total. The van der Waals surface area contributed by atoms with Crippen LogP contribution in [0, 0.1) is 6.92 Å². The fourth-order valence-corrected chi connectivity index (χ4v) is 3.02. The molecule has 0 saturated heterocycles. The molecule has 3 aromatic rings. The number of hydrogen-bond acceptors (Lipinski definition) is 2. The molecule has 0 atom stereocenters. The van der Waals surface area contributed by atoms with Gasteiger partial charge in [0, 0.05) is 21.7 Å². The van der Waals surface area contributed by atoms with E-state index in [9.17, 15) is 4.79 Å². The minimum absolute atomic E-state index is 0.0688. The van der Waals surface area contributed by atoms with Crippen molar-refractivity contribution in [3.63, 3.8) is 0 Å². The Bertz CT molecular complexity index is 881. The molecule has 0 fully saturated rings. The maximum atomic E-state index is 12.3. The van der Waals surface area contributed by atoms with Crippen LogP contribution in [0.5, 0.6) is 0 Å². The lowest BCUT2D eigenvalue weighted by Crippen LogP contribution is -2.14. The first kappa shape index (κ1) is 17.6. The Balaban J connectivity index is 1.67. The molecule has 0 unspecified atom stereocenters. The first-order chi connectivity index (χ1) is 12.1. The molecule has 2 aromatic carbocycles. The van der Waals surface area contributed by atoms with Crippen LogP contribution in [0.2, 0.25) is 5.02 Å². The highest BCUT2D eigenvalue weighted by atomic mass is 35.5. The average molecular weight is 356 g/mol. The Morgan fingerprint density at radius 1 is 1.20 bits per heavy atom. The number of nitrogens with one attached hydrogen (secondary N) is 1. The van der Waals surface area contributed by atoms with E-state index in [0.29, 0.717) is 5.02 Å². The average Bonchev–Trinajstić information content (AvgIpc) is 2.96. The molecule has 25 heavy (non-hydrogen) atoms. The van der Waals surface area contributed by atoms with Crippen LogP contribution in [0.25, 0.3) is 11.0 Å². The van der Waals surface area contributed by atoms with Crippen LogP contribution in [0.1, 0.15) is 36.5 Å². The summed E-state index contributed by atoms with van der Waals surface area (Å²) in [5, 5.41) is 4.51. The molecule has 0 aliphatic heterocycles. The Labute approximate surface area is 153 Å². The first-order valence-electron chi connectivity index (χ1n) is 8.62. The Morgan fingerprint density at radius 2 is 1.96 bits per heavy atom. The molecule has 0 radical (unpaired) electrons. The van der Waals surface area contributed by atoms with E-state index < -0.39 is 0 Å². The van der Waals surface area contributed by atoms with Gasteiger partial charge in [-0.2, -0.15) is 0 Å². The lowest BCUT2D eigenvalue weighted by Gasteiger charge is -2.06. The van der Waals surface area contributed by atoms with Crippen molar-refractivity contribution in [2.45, 2.75) is 39.5 Å². The summed E-state index contributed by atoms with van der Waals surface area (Å²) < 4.78 is 5.55. The Kier molecular flexibility index (Phi) is 5.44. The number of hydrogen-bond donors (Lipinski definition) is 1. The third kappa shape index (κ3) is 4.23. The molecule has 1 amide bonds. The number of carbonyl (C=O) groups is 1. The fraction of sp³-hybridized carbons (Fsp3) is 0.286. The van der Waals surface area contributed by atoms with E-state index in [4.69, 9.17) is 16.0 Å². The zero-order valence-electron chi connectivity index (χ0n) is 14.6. The number of furan rings is 1. The van der Waals surface area contributed by atoms with Gasteiger partial charge in [0.15, 0.2) is 0 Å². The van der Waals surface area contributed by atoms with Crippen molar-refractivity contribution in [1.82, 2.24) is 0 Å². The highest BCUT2D eigenvalue weighted by Crippen LogP contribution is 2.28. The van der Waals surface area contributed by atoms with E-state index in [1.165, 1.54) is 18.4 Å². The van der Waals surface area contributed by atoms with Crippen molar-refractivity contribution in [3.05, 3.63) is 64.4 Å². The minimum atomic E-state index is -0.0688. The molecule has 1 aromatic heterocycles. The monoisotopic (exact) mass is 355 g/mol. The van der Waals surface area contributed by atoms with Crippen molar-refractivity contribution in [2.75, 3.05) is 5.32 Å². The largest absolute Gasteiger partial charge is 0.464 e. The van der Waals surface area contributed by atoms with Crippen molar-refractivity contribution >= 4 is 34.2 Å². The predicted octanol–water partition coefficient (Wildman–Crippen LogP) is 5.92. The number of anilines is 1. The topological polar surface area (TPSA) is 42.2 Å². The summed E-state index contributed by atoms with van der Waals surface area (Å²) in [6.07, 6.45) is 5.33. The van der Waals surface area contributed by atoms with Crippen LogP contribution >= 0.6 is 11.6 Å². The van der Waals surface area contributed by atoms with Gasteiger partial charge in [-0.1, -0.05) is 37.1 Å². The number of benzene rings is 2. The number of unbranched alkanes of at least 4 members (excludes halogenated alkanes) is 1. The van der Waals surface area contributed by atoms with E-state index in [0.717, 1.165) is 34.2 Å². The van der Waals surface area contributed by atoms with Crippen LogP contribution in [0.4, 0.5) is 5.69 Å². The molecule has 130 valence electrons. The summed E-state index contributed by atoms with van der Waals surface area (Å²) in [5.74, 6) is -0.0688. The van der Waals surface area contributed by atoms with Crippen LogP contribution in [-0.2, 0) is 17.6 Å². The molecule has 0 bridgehead atoms. The van der Waals surface area contributed by atoms with Crippen LogP contribution in [0.3, 0.4) is 0 Å². The summed E-state index contributed by atoms with van der Waals surface area (Å²) in [6, 6.07) is 11.8. The molecular weight excluding hydrogens is 334 g/mol. The van der Waals surface area contributed by atoms with Crippen molar-refractivity contribution in [2.24, 2.45) is 0 Å². The van der Waals surface area contributed by atoms with Gasteiger partial charge in [0.1, 0.15) is 5.58 Å². The molecule has 1 heterocycles. The van der Waals surface area contributed by atoms with E-state index >= 15 is 0 Å². The minimum Gasteiger partial charge on any atom is -0.464 e. The second kappa shape index (κ2) is 7.75. The molecule has 3 nitrogen and oxygen atoms in total. The number of halogens is 1. The van der Waals surface area contributed by atoms with Crippen molar-refractivity contribution in [3.8, 4) is 0 Å². The SMILES string of the molecule is CCCCc1ccc(NC(=O)Cc2coc3cc(C)c(Cl)cc23)cc1. The number of carbonyl (C=O) groups excluding carboxylic acids is 1. The second-order valence-electron chi connectivity index (χ2n) is 6.38. The summed E-state index contributed by atoms with van der Waals surface area (Å²) in [5.41, 5.74) is 4.67. The van der Waals surface area contributed by atoms with E-state index in [2.05, 4.69) is 24.4 Å². The molecule has 0 aliphatic rings. The number of amides is 1. The zero-order valence-corrected chi connectivity index (χ0v) is 15.3. The second-order valence-corrected chi connectivity index (χ2v) is 6.79. The number of fused-ring (bicyclic) bond motifs is 1. The highest BCUT2D eigenvalue weighted by Gasteiger charge is 2.12. The number of rotatable bonds is 6. The van der Waals surface area contributed by atoms with Gasteiger partial charge in [-0.15, -0.1) is 0 Å². The van der Waals surface area contributed by atoms with Gasteiger partial charge in [0.05, 0.1) is 12.7 Å². The summed E-state index contributed by atoms with van der Waals surface area (Å²) in [7, 11) is 0. The van der Waals surface area contributed by atoms with Crippen LogP contribution < -0.4 is 5.32 Å². The lowest BCUT2D eigenvalue weighted by molar-refractivity contribution is -0.115. The standard InChI is InChI=1S/C21H22ClNO2/c1-3-4-5-15-6-8-17(9-7-15)23-21(24)11-16-13-25-20-10-14(2)19(22)12-18(16)20/h6-10,12-13H,3-5,11H2,1-2H3,(H,23,24). The van der Waals surface area contributed by atoms with E-state index in [1.54, 1.807) is 6.26 Å².